The largest absolute Gasteiger partial charge is 0.494 e. The van der Waals surface area contributed by atoms with Gasteiger partial charge in [0.05, 0.1) is 17.6 Å². The minimum Gasteiger partial charge on any atom is -0.494 e. The second-order valence-corrected chi connectivity index (χ2v) is 5.31. The van der Waals surface area contributed by atoms with Crippen LogP contribution in [0.15, 0.2) is 42.5 Å². The first-order valence-electron chi connectivity index (χ1n) is 7.51. The Morgan fingerprint density at radius 3 is 2.55 bits per heavy atom. The molecular formula is C18H20N2O2. The number of fused-ring (bicyclic) bond motifs is 1. The van der Waals surface area contributed by atoms with Crippen LogP contribution < -0.4 is 9.47 Å². The van der Waals surface area contributed by atoms with E-state index in [0.29, 0.717) is 6.61 Å². The Hall–Kier alpha value is -2.49. The summed E-state index contributed by atoms with van der Waals surface area (Å²) in [6.45, 7) is 6.69. The van der Waals surface area contributed by atoms with Crippen molar-refractivity contribution in [2.75, 3.05) is 6.61 Å². The number of aryl methyl sites for hydroxylation is 1. The normalized spacial score (nSPS) is 12.3. The van der Waals surface area contributed by atoms with E-state index in [1.807, 2.05) is 44.2 Å². The van der Waals surface area contributed by atoms with E-state index in [1.54, 1.807) is 0 Å². The van der Waals surface area contributed by atoms with Crippen LogP contribution in [-0.4, -0.2) is 16.6 Å². The Bertz CT molecular complexity index is 762. The third-order valence-electron chi connectivity index (χ3n) is 3.49. The van der Waals surface area contributed by atoms with Gasteiger partial charge in [0.2, 0.25) is 0 Å². The second kappa shape index (κ2) is 6.10. The first-order chi connectivity index (χ1) is 10.7. The molecule has 0 spiro atoms. The molecule has 0 saturated heterocycles. The number of rotatable bonds is 5. The van der Waals surface area contributed by atoms with Gasteiger partial charge in [0.1, 0.15) is 17.3 Å². The lowest BCUT2D eigenvalue weighted by molar-refractivity contribution is 0.217. The second-order valence-electron chi connectivity index (χ2n) is 5.31. The summed E-state index contributed by atoms with van der Waals surface area (Å²) in [6, 6.07) is 13.8. The van der Waals surface area contributed by atoms with Crippen LogP contribution in [0.3, 0.4) is 0 Å². The van der Waals surface area contributed by atoms with Crippen LogP contribution >= 0.6 is 0 Å². The van der Waals surface area contributed by atoms with E-state index < -0.39 is 0 Å². The SMILES string of the molecule is CCOc1ccc(O[C@@H](C)c2nc3ccc(C)cc3[nH]2)cc1. The number of nitrogens with one attached hydrogen (secondary N) is 1. The van der Waals surface area contributed by atoms with Crippen molar-refractivity contribution in [1.82, 2.24) is 9.97 Å². The van der Waals surface area contributed by atoms with Gasteiger partial charge < -0.3 is 14.5 Å². The lowest BCUT2D eigenvalue weighted by Crippen LogP contribution is -2.05. The number of hydrogen-bond acceptors (Lipinski definition) is 3. The molecule has 1 aromatic heterocycles. The van der Waals surface area contributed by atoms with Crippen molar-refractivity contribution in [3.05, 3.63) is 53.9 Å². The van der Waals surface area contributed by atoms with E-state index in [1.165, 1.54) is 5.56 Å². The van der Waals surface area contributed by atoms with Gasteiger partial charge in [-0.25, -0.2) is 4.98 Å². The minimum absolute atomic E-state index is 0.148. The highest BCUT2D eigenvalue weighted by atomic mass is 16.5. The maximum absolute atomic E-state index is 5.94. The number of aromatic amines is 1. The van der Waals surface area contributed by atoms with Crippen LogP contribution in [0, 0.1) is 6.92 Å². The van der Waals surface area contributed by atoms with E-state index in [2.05, 4.69) is 29.0 Å². The molecule has 2 aromatic carbocycles. The molecule has 1 atom stereocenters. The highest BCUT2D eigenvalue weighted by Gasteiger charge is 2.12. The summed E-state index contributed by atoms with van der Waals surface area (Å²) in [4.78, 5) is 7.92. The van der Waals surface area contributed by atoms with E-state index >= 15 is 0 Å². The molecule has 1 N–H and O–H groups in total. The zero-order chi connectivity index (χ0) is 15.5. The monoisotopic (exact) mass is 296 g/mol. The molecule has 0 unspecified atom stereocenters. The van der Waals surface area contributed by atoms with E-state index in [9.17, 15) is 0 Å². The van der Waals surface area contributed by atoms with Gasteiger partial charge in [-0.2, -0.15) is 0 Å². The smallest absolute Gasteiger partial charge is 0.153 e. The molecule has 0 saturated carbocycles. The van der Waals surface area contributed by atoms with Crippen molar-refractivity contribution in [1.29, 1.82) is 0 Å². The Morgan fingerprint density at radius 1 is 1.09 bits per heavy atom. The van der Waals surface area contributed by atoms with E-state index in [0.717, 1.165) is 28.4 Å². The summed E-state index contributed by atoms with van der Waals surface area (Å²) >= 11 is 0. The molecule has 4 heteroatoms. The van der Waals surface area contributed by atoms with Crippen LogP contribution in [0.1, 0.15) is 31.3 Å². The molecule has 0 amide bonds. The molecule has 0 aliphatic heterocycles. The molecule has 0 fully saturated rings. The first kappa shape index (κ1) is 14.4. The summed E-state index contributed by atoms with van der Waals surface area (Å²) in [6.07, 6.45) is -0.148. The third kappa shape index (κ3) is 3.06. The van der Waals surface area contributed by atoms with Gasteiger partial charge in [-0.1, -0.05) is 6.07 Å². The third-order valence-corrected chi connectivity index (χ3v) is 3.49. The molecule has 0 aliphatic carbocycles. The summed E-state index contributed by atoms with van der Waals surface area (Å²) in [5, 5.41) is 0. The molecule has 0 aliphatic rings. The average Bonchev–Trinajstić information content (AvgIpc) is 2.92. The van der Waals surface area contributed by atoms with Crippen molar-refractivity contribution >= 4 is 11.0 Å². The van der Waals surface area contributed by atoms with E-state index in [-0.39, 0.29) is 6.10 Å². The molecule has 22 heavy (non-hydrogen) atoms. The van der Waals surface area contributed by atoms with Gasteiger partial charge in [0.15, 0.2) is 6.10 Å². The molecule has 1 heterocycles. The number of aromatic nitrogens is 2. The Labute approximate surface area is 130 Å². The van der Waals surface area contributed by atoms with E-state index in [4.69, 9.17) is 9.47 Å². The molecule has 4 nitrogen and oxygen atoms in total. The summed E-state index contributed by atoms with van der Waals surface area (Å²) < 4.78 is 11.4. The minimum atomic E-state index is -0.148. The zero-order valence-electron chi connectivity index (χ0n) is 13.1. The average molecular weight is 296 g/mol. The van der Waals surface area contributed by atoms with Gasteiger partial charge >= 0.3 is 0 Å². The van der Waals surface area contributed by atoms with Gasteiger partial charge in [0.25, 0.3) is 0 Å². The summed E-state index contributed by atoms with van der Waals surface area (Å²) in [7, 11) is 0. The quantitative estimate of drug-likeness (QED) is 0.758. The van der Waals surface area contributed by atoms with Crippen LogP contribution in [0.2, 0.25) is 0 Å². The van der Waals surface area contributed by atoms with Crippen molar-refractivity contribution in [3.63, 3.8) is 0 Å². The molecule has 114 valence electrons. The number of H-pyrrole nitrogens is 1. The lowest BCUT2D eigenvalue weighted by Gasteiger charge is -2.12. The highest BCUT2D eigenvalue weighted by Crippen LogP contribution is 2.24. The molecule has 3 aromatic rings. The van der Waals surface area contributed by atoms with Gasteiger partial charge in [-0.05, 0) is 62.7 Å². The van der Waals surface area contributed by atoms with Crippen molar-refractivity contribution < 1.29 is 9.47 Å². The van der Waals surface area contributed by atoms with Crippen LogP contribution in [0.5, 0.6) is 11.5 Å². The number of nitrogens with zero attached hydrogens (tertiary/aromatic N) is 1. The standard InChI is InChI=1S/C18H20N2O2/c1-4-21-14-6-8-15(9-7-14)22-13(3)18-19-16-10-5-12(2)11-17(16)20-18/h5-11,13H,4H2,1-3H3,(H,19,20)/t13-/m0/s1. The van der Waals surface area contributed by atoms with Gasteiger partial charge in [0, 0.05) is 0 Å². The number of ether oxygens (including phenoxy) is 2. The zero-order valence-corrected chi connectivity index (χ0v) is 13.1. The molecular weight excluding hydrogens is 276 g/mol. The molecule has 0 radical (unpaired) electrons. The first-order valence-corrected chi connectivity index (χ1v) is 7.51. The molecule has 3 rings (SSSR count). The van der Waals surface area contributed by atoms with Gasteiger partial charge in [-0.15, -0.1) is 0 Å². The predicted molar refractivity (Wildman–Crippen MR) is 87.5 cm³/mol. The fourth-order valence-corrected chi connectivity index (χ4v) is 2.38. The Kier molecular flexibility index (Phi) is 4.00. The summed E-state index contributed by atoms with van der Waals surface area (Å²) in [5.74, 6) is 2.48. The predicted octanol–water partition coefficient (Wildman–Crippen LogP) is 4.41. The number of imidazole rings is 1. The maximum Gasteiger partial charge on any atom is 0.153 e. The molecule has 0 bridgehead atoms. The number of hydrogen-bond donors (Lipinski definition) is 1. The Balaban J connectivity index is 1.76. The highest BCUT2D eigenvalue weighted by molar-refractivity contribution is 5.75. The topological polar surface area (TPSA) is 47.1 Å². The van der Waals surface area contributed by atoms with Crippen LogP contribution in [0.25, 0.3) is 11.0 Å². The number of benzene rings is 2. The summed E-state index contributed by atoms with van der Waals surface area (Å²) in [5.41, 5.74) is 3.21. The Morgan fingerprint density at radius 2 is 1.82 bits per heavy atom. The lowest BCUT2D eigenvalue weighted by atomic mass is 10.2. The van der Waals surface area contributed by atoms with Crippen LogP contribution in [0.4, 0.5) is 0 Å². The fourth-order valence-electron chi connectivity index (χ4n) is 2.38. The maximum atomic E-state index is 5.94. The van der Waals surface area contributed by atoms with Crippen LogP contribution in [-0.2, 0) is 0 Å². The fraction of sp³-hybridized carbons (Fsp3) is 0.278. The van der Waals surface area contributed by atoms with Crippen molar-refractivity contribution in [2.24, 2.45) is 0 Å². The van der Waals surface area contributed by atoms with Gasteiger partial charge in [-0.3, -0.25) is 0 Å². The van der Waals surface area contributed by atoms with Crippen molar-refractivity contribution in [2.45, 2.75) is 26.9 Å². The van der Waals surface area contributed by atoms with Crippen molar-refractivity contribution in [3.8, 4) is 11.5 Å².